The van der Waals surface area contributed by atoms with Crippen LogP contribution in [0.25, 0.3) is 0 Å². The zero-order valence-electron chi connectivity index (χ0n) is 18.6. The minimum atomic E-state index is -3.66. The Morgan fingerprint density at radius 3 is 2.39 bits per heavy atom. The van der Waals surface area contributed by atoms with Gasteiger partial charge in [-0.2, -0.15) is 5.10 Å². The summed E-state index contributed by atoms with van der Waals surface area (Å²) in [6, 6.07) is 24.2. The van der Waals surface area contributed by atoms with Gasteiger partial charge in [-0.25, -0.2) is 13.8 Å². The van der Waals surface area contributed by atoms with E-state index in [0.717, 1.165) is 21.7 Å². The topological polar surface area (TPSA) is 88.1 Å². The van der Waals surface area contributed by atoms with Gasteiger partial charge in [-0.15, -0.1) is 0 Å². The molecule has 33 heavy (non-hydrogen) atoms. The van der Waals surface area contributed by atoms with E-state index in [9.17, 15) is 13.2 Å². The van der Waals surface area contributed by atoms with Crippen molar-refractivity contribution >= 4 is 27.8 Å². The molecule has 0 saturated carbocycles. The van der Waals surface area contributed by atoms with E-state index in [1.165, 1.54) is 6.21 Å². The fraction of sp³-hybridized carbons (Fsp3) is 0.200. The predicted octanol–water partition coefficient (Wildman–Crippen LogP) is 3.74. The molecule has 1 amide bonds. The van der Waals surface area contributed by atoms with Gasteiger partial charge in [0, 0.05) is 5.56 Å². The number of amides is 1. The van der Waals surface area contributed by atoms with Crippen molar-refractivity contribution < 1.29 is 17.9 Å². The number of hydrogen-bond acceptors (Lipinski definition) is 5. The van der Waals surface area contributed by atoms with Crippen molar-refractivity contribution in [1.82, 2.24) is 5.43 Å². The van der Waals surface area contributed by atoms with Crippen molar-refractivity contribution in [1.29, 1.82) is 0 Å². The third-order valence-electron chi connectivity index (χ3n) is 4.88. The van der Waals surface area contributed by atoms with E-state index in [1.807, 2.05) is 73.7 Å². The molecule has 3 aromatic rings. The molecule has 0 aliphatic heterocycles. The molecule has 0 radical (unpaired) electrons. The number of nitrogens with zero attached hydrogens (tertiary/aromatic N) is 2. The Labute approximate surface area is 194 Å². The molecule has 0 aromatic heterocycles. The lowest BCUT2D eigenvalue weighted by Crippen LogP contribution is -2.39. The maximum Gasteiger partial charge on any atom is 0.260 e. The molecule has 0 fully saturated rings. The first-order valence-corrected chi connectivity index (χ1v) is 12.4. The van der Waals surface area contributed by atoms with Crippen molar-refractivity contribution in [2.75, 3.05) is 17.1 Å². The number of hydrogen-bond donors (Lipinski definition) is 1. The number of carbonyl (C=O) groups is 1. The summed E-state index contributed by atoms with van der Waals surface area (Å²) in [6.45, 7) is 1.96. The molecule has 172 valence electrons. The van der Waals surface area contributed by atoms with Gasteiger partial charge in [0.15, 0.2) is 0 Å². The second-order valence-corrected chi connectivity index (χ2v) is 9.26. The molecule has 0 bridgehead atoms. The highest BCUT2D eigenvalue weighted by Gasteiger charge is 2.22. The molecule has 0 saturated heterocycles. The molecule has 3 rings (SSSR count). The van der Waals surface area contributed by atoms with E-state index in [-0.39, 0.29) is 6.54 Å². The van der Waals surface area contributed by atoms with Gasteiger partial charge in [0.1, 0.15) is 18.9 Å². The predicted molar refractivity (Wildman–Crippen MR) is 131 cm³/mol. The second-order valence-electron chi connectivity index (χ2n) is 7.36. The average Bonchev–Trinajstić information content (AvgIpc) is 2.82. The van der Waals surface area contributed by atoms with E-state index in [4.69, 9.17) is 4.74 Å². The third-order valence-corrected chi connectivity index (χ3v) is 6.00. The van der Waals surface area contributed by atoms with Crippen LogP contribution in [-0.2, 0) is 27.8 Å². The number of ether oxygens (including phenoxy) is 1. The van der Waals surface area contributed by atoms with Crippen LogP contribution in [0.5, 0.6) is 5.75 Å². The SMILES string of the molecule is CCc1ccccc1N(CC(=O)N/N=C\c1ccccc1OCc1ccccc1)S(C)(=O)=O. The Morgan fingerprint density at radius 1 is 1.00 bits per heavy atom. The number of aryl methyl sites for hydroxylation is 1. The molecule has 0 aliphatic carbocycles. The molecule has 0 spiro atoms. The number of benzene rings is 3. The van der Waals surface area contributed by atoms with E-state index < -0.39 is 15.9 Å². The summed E-state index contributed by atoms with van der Waals surface area (Å²) in [7, 11) is -3.66. The lowest BCUT2D eigenvalue weighted by Gasteiger charge is -2.23. The number of nitrogens with one attached hydrogen (secondary N) is 1. The zero-order chi connectivity index (χ0) is 23.7. The third kappa shape index (κ3) is 6.92. The second kappa shape index (κ2) is 11.3. The number of anilines is 1. The molecule has 8 heteroatoms. The van der Waals surface area contributed by atoms with Crippen molar-refractivity contribution in [3.63, 3.8) is 0 Å². The average molecular weight is 466 g/mol. The number of sulfonamides is 1. The molecule has 0 aliphatic rings. The van der Waals surface area contributed by atoms with Crippen LogP contribution < -0.4 is 14.5 Å². The molecular formula is C25H27N3O4S. The van der Waals surface area contributed by atoms with Crippen LogP contribution in [0.2, 0.25) is 0 Å². The van der Waals surface area contributed by atoms with Crippen LogP contribution >= 0.6 is 0 Å². The van der Waals surface area contributed by atoms with Gasteiger partial charge < -0.3 is 4.74 Å². The number of para-hydroxylation sites is 2. The van der Waals surface area contributed by atoms with Crippen molar-refractivity contribution in [3.05, 3.63) is 95.6 Å². The molecular weight excluding hydrogens is 438 g/mol. The smallest absolute Gasteiger partial charge is 0.260 e. The van der Waals surface area contributed by atoms with Gasteiger partial charge in [-0.1, -0.05) is 67.6 Å². The van der Waals surface area contributed by atoms with Gasteiger partial charge in [0.2, 0.25) is 10.0 Å². The highest BCUT2D eigenvalue weighted by atomic mass is 32.2. The molecule has 3 aromatic carbocycles. The first-order chi connectivity index (χ1) is 15.9. The first kappa shape index (κ1) is 24.0. The lowest BCUT2D eigenvalue weighted by molar-refractivity contribution is -0.119. The van der Waals surface area contributed by atoms with Crippen molar-refractivity contribution in [2.24, 2.45) is 5.10 Å². The number of rotatable bonds is 10. The van der Waals surface area contributed by atoms with Crippen molar-refractivity contribution in [2.45, 2.75) is 20.0 Å². The molecule has 0 unspecified atom stereocenters. The fourth-order valence-corrected chi connectivity index (χ4v) is 4.11. The molecule has 1 N–H and O–H groups in total. The Hall–Kier alpha value is -3.65. The Bertz CT molecular complexity index is 1210. The van der Waals surface area contributed by atoms with Gasteiger partial charge in [0.25, 0.3) is 5.91 Å². The van der Waals surface area contributed by atoms with Crippen LogP contribution in [-0.4, -0.2) is 33.3 Å². The highest BCUT2D eigenvalue weighted by Crippen LogP contribution is 2.23. The minimum absolute atomic E-state index is 0.376. The Kier molecular flexibility index (Phi) is 8.21. The van der Waals surface area contributed by atoms with E-state index >= 15 is 0 Å². The minimum Gasteiger partial charge on any atom is -0.488 e. The Morgan fingerprint density at radius 2 is 1.67 bits per heavy atom. The van der Waals surface area contributed by atoms with E-state index in [1.54, 1.807) is 12.1 Å². The highest BCUT2D eigenvalue weighted by molar-refractivity contribution is 7.92. The van der Waals surface area contributed by atoms with Crippen LogP contribution in [0.4, 0.5) is 5.69 Å². The molecule has 0 atom stereocenters. The lowest BCUT2D eigenvalue weighted by atomic mass is 10.1. The summed E-state index contributed by atoms with van der Waals surface area (Å²) in [5, 5.41) is 4.00. The quantitative estimate of drug-likeness (QED) is 0.365. The first-order valence-electron chi connectivity index (χ1n) is 10.5. The molecule has 0 heterocycles. The van der Waals surface area contributed by atoms with E-state index in [2.05, 4.69) is 10.5 Å². The number of carbonyl (C=O) groups excluding carboxylic acids is 1. The summed E-state index contributed by atoms with van der Waals surface area (Å²) in [5.74, 6) is 0.0688. The van der Waals surface area contributed by atoms with Crippen LogP contribution in [0.3, 0.4) is 0 Å². The normalized spacial score (nSPS) is 11.3. The van der Waals surface area contributed by atoms with Gasteiger partial charge in [-0.05, 0) is 35.7 Å². The summed E-state index contributed by atoms with van der Waals surface area (Å²) < 4.78 is 31.7. The van der Waals surface area contributed by atoms with Gasteiger partial charge in [-0.3, -0.25) is 9.10 Å². The van der Waals surface area contributed by atoms with E-state index in [0.29, 0.717) is 30.0 Å². The van der Waals surface area contributed by atoms with Crippen LogP contribution in [0.1, 0.15) is 23.6 Å². The zero-order valence-corrected chi connectivity index (χ0v) is 19.5. The van der Waals surface area contributed by atoms with Gasteiger partial charge >= 0.3 is 0 Å². The summed E-state index contributed by atoms with van der Waals surface area (Å²) in [4.78, 5) is 12.5. The summed E-state index contributed by atoms with van der Waals surface area (Å²) >= 11 is 0. The number of hydrazone groups is 1. The summed E-state index contributed by atoms with van der Waals surface area (Å²) in [6.07, 6.45) is 3.20. The van der Waals surface area contributed by atoms with Crippen molar-refractivity contribution in [3.8, 4) is 5.75 Å². The van der Waals surface area contributed by atoms with Gasteiger partial charge in [0.05, 0.1) is 18.2 Å². The largest absolute Gasteiger partial charge is 0.488 e. The van der Waals surface area contributed by atoms with Crippen LogP contribution in [0.15, 0.2) is 84.0 Å². The van der Waals surface area contributed by atoms with Crippen LogP contribution in [0, 0.1) is 0 Å². The molecule has 7 nitrogen and oxygen atoms in total. The standard InChI is InChI=1S/C25H27N3O4S/c1-3-21-13-7-9-15-23(21)28(33(2,30)31)18-25(29)27-26-17-22-14-8-10-16-24(22)32-19-20-11-5-4-6-12-20/h4-17H,3,18-19H2,1-2H3,(H,27,29)/b26-17-. The fourth-order valence-electron chi connectivity index (χ4n) is 3.23. The monoisotopic (exact) mass is 465 g/mol. The Balaban J connectivity index is 1.67. The summed E-state index contributed by atoms with van der Waals surface area (Å²) in [5.41, 5.74) is 5.45. The maximum atomic E-state index is 12.5. The maximum absolute atomic E-state index is 12.5.